The van der Waals surface area contributed by atoms with Gasteiger partial charge in [0.05, 0.1) is 42.5 Å². The number of phenolic OH excluding ortho intramolecular Hbond substituents is 1. The molecule has 0 unspecified atom stereocenters. The number of ether oxygens (including phenoxy) is 5. The maximum atomic E-state index is 14.4. The topological polar surface area (TPSA) is 185 Å². The molecule has 5 aliphatic rings. The summed E-state index contributed by atoms with van der Waals surface area (Å²) in [6.07, 6.45) is 13.8. The van der Waals surface area contributed by atoms with Crippen LogP contribution in [0.15, 0.2) is 58.7 Å². The van der Waals surface area contributed by atoms with Gasteiger partial charge in [0.25, 0.3) is 18.3 Å². The van der Waals surface area contributed by atoms with Crippen LogP contribution in [0.25, 0.3) is 0 Å². The first kappa shape index (κ1) is 55.1. The summed E-state index contributed by atoms with van der Waals surface area (Å²) < 4.78 is 30.6. The molecule has 1 saturated heterocycles. The highest BCUT2D eigenvalue weighted by Gasteiger charge is 2.47. The second kappa shape index (κ2) is 23.7. The molecule has 0 saturated carbocycles. The number of carbonyl (C=O) groups is 4. The largest absolute Gasteiger partial charge is 0.508 e. The lowest BCUT2D eigenvalue weighted by atomic mass is 9.84. The molecular weight excluding hydrogens is 931 g/mol. The van der Waals surface area contributed by atoms with Gasteiger partial charge in [-0.05, 0) is 138 Å². The third-order valence-electron chi connectivity index (χ3n) is 15.6. The maximum absolute atomic E-state index is 14.4. The van der Waals surface area contributed by atoms with Gasteiger partial charge in [0, 0.05) is 68.3 Å². The summed E-state index contributed by atoms with van der Waals surface area (Å²) in [7, 11) is 1.66. The Kier molecular flexibility index (Phi) is 17.9. The van der Waals surface area contributed by atoms with Gasteiger partial charge in [-0.15, -0.1) is 0 Å². The highest BCUT2D eigenvalue weighted by molar-refractivity contribution is 6.01. The molecule has 7 rings (SSSR count). The quantitative estimate of drug-likeness (QED) is 0.0796. The van der Waals surface area contributed by atoms with E-state index in [9.17, 15) is 34.5 Å². The summed E-state index contributed by atoms with van der Waals surface area (Å²) in [5.41, 5.74) is 5.80. The number of likely N-dealkylation sites (tertiary alicyclic amines) is 1. The number of phenols is 1. The summed E-state index contributed by atoms with van der Waals surface area (Å²) in [4.78, 5) is 59.0. The summed E-state index contributed by atoms with van der Waals surface area (Å²) in [6, 6.07) is 3.00. The normalized spacial score (nSPS) is 23.2. The van der Waals surface area contributed by atoms with Crippen molar-refractivity contribution >= 4 is 24.4 Å². The number of fused-ring (bicyclic) bond motifs is 6. The van der Waals surface area contributed by atoms with Gasteiger partial charge in [-0.2, -0.15) is 0 Å². The number of aliphatic hydroxyl groups is 2. The zero-order valence-electron chi connectivity index (χ0n) is 44.6. The third kappa shape index (κ3) is 12.7. The number of allylic oxidation sites excluding steroid dienone is 8. The molecule has 0 aliphatic carbocycles. The monoisotopic (exact) mass is 1010 g/mol. The molecule has 15 nitrogen and oxygen atoms in total. The van der Waals surface area contributed by atoms with Crippen molar-refractivity contribution < 1.29 is 58.2 Å². The van der Waals surface area contributed by atoms with Crippen LogP contribution in [-0.2, 0) is 40.2 Å². The number of hydrogen-bond acceptors (Lipinski definition) is 12. The van der Waals surface area contributed by atoms with Crippen molar-refractivity contribution in [2.24, 2.45) is 0 Å². The lowest BCUT2D eigenvalue weighted by Crippen LogP contribution is -2.49. The van der Waals surface area contributed by atoms with Gasteiger partial charge >= 0.3 is 6.09 Å². The van der Waals surface area contributed by atoms with Crippen molar-refractivity contribution in [1.29, 1.82) is 0 Å². The molecule has 0 spiro atoms. The number of rotatable bonds is 21. The van der Waals surface area contributed by atoms with E-state index >= 15 is 0 Å². The molecule has 5 atom stereocenters. The van der Waals surface area contributed by atoms with Gasteiger partial charge in [0.2, 0.25) is 0 Å². The Morgan fingerprint density at radius 1 is 0.767 bits per heavy atom. The van der Waals surface area contributed by atoms with Gasteiger partial charge in [-0.25, -0.2) is 4.79 Å². The fourth-order valence-electron chi connectivity index (χ4n) is 10.8. The van der Waals surface area contributed by atoms with Crippen LogP contribution in [0, 0.1) is 0 Å². The second-order valence-corrected chi connectivity index (χ2v) is 21.8. The number of aromatic hydroxyl groups is 1. The number of hydrogen-bond donors (Lipinski definition) is 3. The van der Waals surface area contributed by atoms with Crippen LogP contribution in [0.5, 0.6) is 23.0 Å². The number of piperidine rings is 1. The smallest absolute Gasteiger partial charge is 0.415 e. The highest BCUT2D eigenvalue weighted by atomic mass is 16.6. The Hall–Kier alpha value is -5.64. The zero-order valence-corrected chi connectivity index (χ0v) is 44.6. The van der Waals surface area contributed by atoms with Crippen molar-refractivity contribution in [2.75, 3.05) is 26.7 Å². The Morgan fingerprint density at radius 3 is 1.88 bits per heavy atom. The number of aliphatic hydroxyl groups excluding tert-OH is 2. The molecule has 0 radical (unpaired) electrons. The molecule has 2 aromatic carbocycles. The van der Waals surface area contributed by atoms with Crippen LogP contribution >= 0.6 is 0 Å². The van der Waals surface area contributed by atoms with Gasteiger partial charge in [0.15, 0.2) is 6.23 Å². The number of methoxy groups -OCH3 is 1. The summed E-state index contributed by atoms with van der Waals surface area (Å²) >= 11 is 0. The minimum absolute atomic E-state index is 0.0458. The molecule has 5 heterocycles. The average Bonchev–Trinajstić information content (AvgIpc) is 3.84. The lowest BCUT2D eigenvalue weighted by molar-refractivity contribution is -0.141. The lowest BCUT2D eigenvalue weighted by Gasteiger charge is -2.41. The Balaban J connectivity index is 1.06. The van der Waals surface area contributed by atoms with E-state index in [1.165, 1.54) is 33.3 Å². The van der Waals surface area contributed by atoms with Gasteiger partial charge in [-0.3, -0.25) is 19.3 Å². The fourth-order valence-corrected chi connectivity index (χ4v) is 10.8. The van der Waals surface area contributed by atoms with Crippen molar-refractivity contribution in [2.45, 2.75) is 194 Å². The van der Waals surface area contributed by atoms with Crippen LogP contribution in [0.1, 0.15) is 175 Å². The molecule has 2 aromatic rings. The van der Waals surface area contributed by atoms with E-state index < -0.39 is 41.6 Å². The van der Waals surface area contributed by atoms with Crippen LogP contribution in [0.3, 0.4) is 0 Å². The number of carbonyl (C=O) groups excluding carboxylic acids is 4. The SMILES string of the molecule is COC1CCN(C(=O)Oc2cc3c(c4c2C[C@H](O)[C@@](C)(CC/C=C(\C)CCC=C(C)C)O4)CN(CCC[C@@H](OC=O)N2Cc4c(cc(O)c5c4O[C@](C)(CC/C=C(\C)CCC=C(C)C)[C@@H](O)C5)C2=O)C3=O)CC1. The fraction of sp³-hybridized carbons (Fsp3) is 0.586. The van der Waals surface area contributed by atoms with Gasteiger partial charge < -0.3 is 48.8 Å². The van der Waals surface area contributed by atoms with Crippen molar-refractivity contribution in [1.82, 2.24) is 14.7 Å². The maximum Gasteiger partial charge on any atom is 0.415 e. The first-order valence-electron chi connectivity index (χ1n) is 26.3. The number of benzene rings is 2. The van der Waals surface area contributed by atoms with Gasteiger partial charge in [0.1, 0.15) is 34.2 Å². The predicted octanol–water partition coefficient (Wildman–Crippen LogP) is 9.95. The van der Waals surface area contributed by atoms with E-state index in [4.69, 9.17) is 23.7 Å². The van der Waals surface area contributed by atoms with Crippen molar-refractivity contribution in [3.8, 4) is 23.0 Å². The molecule has 3 N–H and O–H groups in total. The summed E-state index contributed by atoms with van der Waals surface area (Å²) in [5.74, 6) is 0.0968. The first-order valence-corrected chi connectivity index (χ1v) is 26.3. The Labute approximate surface area is 431 Å². The van der Waals surface area contributed by atoms with E-state index in [0.717, 1.165) is 25.7 Å². The standard InChI is InChI=1S/C58H79N3O12/c1-36(2)15-10-17-38(5)19-12-24-57(7)49(64)31-43-47(63)29-41-46(52(43)72-57)34-61(55(41)67)51(70-35-62)21-14-26-60-33-45-42(54(60)66)30-48(71-56(68)59-27-22-40(69-9)23-28-59)44-32-50(65)58(8,73-53(44)45)25-13-20-39(6)18-11-16-37(3)4/h15-16,19-20,29-30,35,40,49-51,63-65H,10-14,17-18,21-28,31-34H2,1-9H3/b38-19+,39-20+/t49-,50-,51+,57+,58+/m0/s1. The molecule has 0 bridgehead atoms. The molecule has 0 aromatic heterocycles. The molecule has 15 heteroatoms. The van der Waals surface area contributed by atoms with Crippen LogP contribution in [-0.4, -0.2) is 117 Å². The number of amides is 3. The minimum Gasteiger partial charge on any atom is -0.508 e. The van der Waals surface area contributed by atoms with Gasteiger partial charge in [-0.1, -0.05) is 46.6 Å². The molecule has 73 heavy (non-hydrogen) atoms. The van der Waals surface area contributed by atoms with E-state index in [1.807, 2.05) is 13.8 Å². The van der Waals surface area contributed by atoms with Crippen molar-refractivity contribution in [3.05, 3.63) is 92.1 Å². The molecular formula is C58H79N3O12. The highest BCUT2D eigenvalue weighted by Crippen LogP contribution is 2.49. The predicted molar refractivity (Wildman–Crippen MR) is 278 cm³/mol. The van der Waals surface area contributed by atoms with E-state index in [1.54, 1.807) is 23.0 Å². The minimum atomic E-state index is -1.00. The van der Waals surface area contributed by atoms with Crippen LogP contribution in [0.4, 0.5) is 4.79 Å². The molecule has 5 aliphatic heterocycles. The zero-order chi connectivity index (χ0) is 52.8. The van der Waals surface area contributed by atoms with Crippen LogP contribution < -0.4 is 14.2 Å². The average molecular weight is 1010 g/mol. The van der Waals surface area contributed by atoms with E-state index in [2.05, 4.69) is 65.8 Å². The first-order chi connectivity index (χ1) is 34.7. The van der Waals surface area contributed by atoms with Crippen LogP contribution in [0.2, 0.25) is 0 Å². The Morgan fingerprint density at radius 2 is 1.32 bits per heavy atom. The van der Waals surface area contributed by atoms with E-state index in [-0.39, 0.29) is 68.0 Å². The molecule has 3 amide bonds. The van der Waals surface area contributed by atoms with E-state index in [0.29, 0.717) is 104 Å². The summed E-state index contributed by atoms with van der Waals surface area (Å²) in [5, 5.41) is 34.3. The molecule has 1 fully saturated rings. The van der Waals surface area contributed by atoms with Crippen molar-refractivity contribution in [3.63, 3.8) is 0 Å². The number of nitrogens with zero attached hydrogens (tertiary/aromatic N) is 3. The second-order valence-electron chi connectivity index (χ2n) is 21.8. The Bertz CT molecular complexity index is 2510. The molecule has 398 valence electrons. The third-order valence-corrected chi connectivity index (χ3v) is 15.6. The summed E-state index contributed by atoms with van der Waals surface area (Å²) in [6.45, 7) is 18.0.